The minimum Gasteiger partial charge on any atom is -0.489 e. The Kier molecular flexibility index (Phi) is 4.30. The number of fused-ring (bicyclic) bond motifs is 1. The average molecular weight is 386 g/mol. The van der Waals surface area contributed by atoms with Crippen molar-refractivity contribution in [1.82, 2.24) is 0 Å². The van der Waals surface area contributed by atoms with Crippen molar-refractivity contribution >= 4 is 40.2 Å². The van der Waals surface area contributed by atoms with Crippen molar-refractivity contribution < 1.29 is 23.9 Å². The molecule has 132 valence electrons. The van der Waals surface area contributed by atoms with Crippen LogP contribution in [-0.4, -0.2) is 37.6 Å². The number of amides is 1. The monoisotopic (exact) mass is 386 g/mol. The highest BCUT2D eigenvalue weighted by atomic mass is 32.2. The van der Waals surface area contributed by atoms with Crippen molar-refractivity contribution in [2.75, 3.05) is 6.54 Å². The Labute approximate surface area is 160 Å². The molecule has 2 aromatic rings. The van der Waals surface area contributed by atoms with E-state index in [4.69, 9.17) is 17.0 Å². The third-order valence-electron chi connectivity index (χ3n) is 4.81. The van der Waals surface area contributed by atoms with Gasteiger partial charge in [0.05, 0.1) is 0 Å². The first-order chi connectivity index (χ1) is 12.5. The number of aliphatic carboxylic acids is 1. The molecule has 2 bridgehead atoms. The Morgan fingerprint density at radius 3 is 2.46 bits per heavy atom. The number of ether oxygens (including phenoxy) is 1. The van der Waals surface area contributed by atoms with E-state index in [2.05, 4.69) is 0 Å². The van der Waals surface area contributed by atoms with Crippen LogP contribution in [0.5, 0.6) is 5.75 Å². The van der Waals surface area contributed by atoms with E-state index in [1.807, 2.05) is 54.6 Å². The van der Waals surface area contributed by atoms with Crippen LogP contribution >= 0.6 is 24.0 Å². The van der Waals surface area contributed by atoms with Crippen molar-refractivity contribution in [3.8, 4) is 5.75 Å². The van der Waals surface area contributed by atoms with Gasteiger partial charge in [0.25, 0.3) is 0 Å². The molecule has 5 nitrogen and oxygen atoms in total. The van der Waals surface area contributed by atoms with Crippen LogP contribution in [0.25, 0.3) is 0 Å². The number of hydrogen-bond donors (Lipinski definition) is 1. The third-order valence-corrected chi connectivity index (χ3v) is 6.66. The van der Waals surface area contributed by atoms with Gasteiger partial charge < -0.3 is 9.84 Å². The molecular weight excluding hydrogens is 370 g/mol. The van der Waals surface area contributed by atoms with Crippen LogP contribution in [0.4, 0.5) is 0 Å². The van der Waals surface area contributed by atoms with Gasteiger partial charge in [0.2, 0.25) is 4.32 Å². The van der Waals surface area contributed by atoms with Crippen molar-refractivity contribution in [2.24, 2.45) is 0 Å². The Morgan fingerprint density at radius 2 is 1.85 bits per heavy atom. The second-order valence-electron chi connectivity index (χ2n) is 6.35. The Bertz CT molecular complexity index is 874. The van der Waals surface area contributed by atoms with Gasteiger partial charge in [0.1, 0.15) is 12.4 Å². The minimum atomic E-state index is -1.02. The van der Waals surface area contributed by atoms with E-state index in [0.29, 0.717) is 10.9 Å². The second kappa shape index (κ2) is 6.50. The minimum absolute atomic E-state index is 0.100. The van der Waals surface area contributed by atoms with Crippen LogP contribution in [0.1, 0.15) is 17.2 Å². The number of thiocarbonyl (C=S) groups is 1. The number of carboxylic acid groups (broad SMARTS) is 1. The molecule has 0 radical (unpaired) electrons. The van der Waals surface area contributed by atoms with E-state index >= 15 is 0 Å². The molecule has 0 aliphatic carbocycles. The molecule has 0 aromatic heterocycles. The molecular formula is C19H16NO4S2+. The fourth-order valence-electron chi connectivity index (χ4n) is 3.55. The summed E-state index contributed by atoms with van der Waals surface area (Å²) in [4.78, 5) is 23.6. The van der Waals surface area contributed by atoms with Crippen LogP contribution in [0.3, 0.4) is 0 Å². The molecule has 5 rings (SSSR count). The maximum atomic E-state index is 12.4. The molecule has 3 fully saturated rings. The highest BCUT2D eigenvalue weighted by Gasteiger charge is 2.75. The second-order valence-corrected chi connectivity index (χ2v) is 8.13. The summed E-state index contributed by atoms with van der Waals surface area (Å²) < 4.78 is 5.99. The number of thioether (sulfide) groups is 1. The van der Waals surface area contributed by atoms with E-state index in [1.165, 1.54) is 11.8 Å². The summed E-state index contributed by atoms with van der Waals surface area (Å²) >= 11 is 6.63. The van der Waals surface area contributed by atoms with E-state index in [-0.39, 0.29) is 28.2 Å². The smallest absolute Gasteiger partial charge is 0.360 e. The summed E-state index contributed by atoms with van der Waals surface area (Å²) in [5.41, 5.74) is 1.99. The third kappa shape index (κ3) is 2.63. The molecule has 0 saturated carbocycles. The van der Waals surface area contributed by atoms with E-state index < -0.39 is 5.97 Å². The van der Waals surface area contributed by atoms with Crippen LogP contribution < -0.4 is 4.74 Å². The quantitative estimate of drug-likeness (QED) is 0.467. The molecule has 3 unspecified atom stereocenters. The normalized spacial score (nSPS) is 26.5. The molecule has 3 heterocycles. The maximum Gasteiger partial charge on any atom is 0.360 e. The van der Waals surface area contributed by atoms with Crippen LogP contribution in [0.15, 0.2) is 54.6 Å². The highest BCUT2D eigenvalue weighted by Crippen LogP contribution is 2.58. The van der Waals surface area contributed by atoms with Gasteiger partial charge in [-0.3, -0.25) is 0 Å². The lowest BCUT2D eigenvalue weighted by atomic mass is 9.90. The van der Waals surface area contributed by atoms with E-state index in [9.17, 15) is 14.7 Å². The predicted octanol–water partition coefficient (Wildman–Crippen LogP) is 3.15. The fraction of sp³-hybridized carbons (Fsp3) is 0.211. The largest absolute Gasteiger partial charge is 0.489 e. The summed E-state index contributed by atoms with van der Waals surface area (Å²) in [5, 5.41) is 8.95. The zero-order chi connectivity index (χ0) is 18.3. The van der Waals surface area contributed by atoms with Gasteiger partial charge in [-0.05, 0) is 53.8 Å². The van der Waals surface area contributed by atoms with Crippen LogP contribution in [-0.2, 0) is 16.2 Å². The highest BCUT2D eigenvalue weighted by molar-refractivity contribution is 8.24. The topological polar surface area (TPSA) is 63.6 Å². The molecule has 3 atom stereocenters. The Balaban J connectivity index is 1.51. The van der Waals surface area contributed by atoms with E-state index in [0.717, 1.165) is 16.9 Å². The maximum absolute atomic E-state index is 12.4. The molecule has 1 amide bonds. The van der Waals surface area contributed by atoms with Gasteiger partial charge in [-0.15, -0.1) is 0 Å². The van der Waals surface area contributed by atoms with Gasteiger partial charge in [-0.1, -0.05) is 30.3 Å². The number of carboxylic acids is 1. The number of rotatable bonds is 6. The number of quaternary nitrogens is 1. The summed E-state index contributed by atoms with van der Waals surface area (Å²) in [6.07, 6.45) is 0. The first-order valence-corrected chi connectivity index (χ1v) is 9.43. The predicted molar refractivity (Wildman–Crippen MR) is 102 cm³/mol. The number of hydrogen-bond acceptors (Lipinski definition) is 5. The average Bonchev–Trinajstić information content (AvgIpc) is 3.07. The van der Waals surface area contributed by atoms with Gasteiger partial charge >= 0.3 is 11.9 Å². The van der Waals surface area contributed by atoms with Crippen molar-refractivity contribution in [1.29, 1.82) is 0 Å². The molecule has 3 saturated heterocycles. The molecule has 7 heteroatoms. The SMILES string of the molecule is O=C(O)C[N+]12C(=O)C(SC1=S)C2c1ccc(OCc2ccccc2)cc1. The first-order valence-electron chi connectivity index (χ1n) is 8.14. The van der Waals surface area contributed by atoms with Gasteiger partial charge in [-0.25, -0.2) is 9.59 Å². The Hall–Kier alpha value is -2.22. The van der Waals surface area contributed by atoms with Crippen molar-refractivity contribution in [3.05, 3.63) is 65.7 Å². The zero-order valence-corrected chi connectivity index (χ0v) is 15.3. The zero-order valence-electron chi connectivity index (χ0n) is 13.7. The summed E-state index contributed by atoms with van der Waals surface area (Å²) in [5.74, 6) is -0.392. The molecule has 2 aromatic carbocycles. The number of carbonyl (C=O) groups is 2. The van der Waals surface area contributed by atoms with Gasteiger partial charge in [-0.2, -0.15) is 4.48 Å². The summed E-state index contributed by atoms with van der Waals surface area (Å²) in [6, 6.07) is 17.2. The molecule has 0 spiro atoms. The molecule has 26 heavy (non-hydrogen) atoms. The number of nitrogens with zero attached hydrogens (tertiary/aromatic N) is 1. The number of β-lactam (4-membered cyclic amide) rings is 1. The molecule has 1 N–H and O–H groups in total. The standard InChI is InChI=1S/C19H15NO4S2/c21-15(22)10-20-16(17(18(20)23)26-19(20)25)13-6-8-14(9-7-13)24-11-12-4-2-1-3-5-12/h1-9,16-17H,10-11H2/p+1. The summed E-state index contributed by atoms with van der Waals surface area (Å²) in [7, 11) is 0. The van der Waals surface area contributed by atoms with E-state index in [1.54, 1.807) is 0 Å². The Morgan fingerprint density at radius 1 is 1.15 bits per heavy atom. The van der Waals surface area contributed by atoms with Gasteiger partial charge in [0.15, 0.2) is 17.8 Å². The number of carbonyl (C=O) groups excluding carboxylic acids is 1. The number of benzene rings is 2. The van der Waals surface area contributed by atoms with Gasteiger partial charge in [0, 0.05) is 5.56 Å². The van der Waals surface area contributed by atoms with Crippen LogP contribution in [0.2, 0.25) is 0 Å². The first kappa shape index (κ1) is 17.2. The van der Waals surface area contributed by atoms with Crippen LogP contribution in [0, 0.1) is 0 Å². The fourth-order valence-corrected chi connectivity index (χ4v) is 5.59. The lowest BCUT2D eigenvalue weighted by Crippen LogP contribution is -2.67. The summed E-state index contributed by atoms with van der Waals surface area (Å²) in [6.45, 7) is 0.182. The lowest BCUT2D eigenvalue weighted by molar-refractivity contribution is -0.808. The molecule has 3 aliphatic rings. The molecule has 3 aliphatic heterocycles. The lowest BCUT2D eigenvalue weighted by Gasteiger charge is -2.43. The van der Waals surface area contributed by atoms with Crippen molar-refractivity contribution in [2.45, 2.75) is 17.9 Å². The van der Waals surface area contributed by atoms with Crippen molar-refractivity contribution in [3.63, 3.8) is 0 Å².